The Bertz CT molecular complexity index is 1140. The Balaban J connectivity index is 1.41. The number of para-hydroxylation sites is 1. The SMILES string of the molecule is Cc1nc2c3ccccc3nc(SCC(=O)NCCc3ccc(F)cc3)n2n1. The monoisotopic (exact) mass is 395 g/mol. The number of aromatic nitrogens is 4. The quantitative estimate of drug-likeness (QED) is 0.401. The zero-order chi connectivity index (χ0) is 19.5. The molecule has 0 aliphatic rings. The van der Waals surface area contributed by atoms with Gasteiger partial charge in [-0.25, -0.2) is 14.4 Å². The van der Waals surface area contributed by atoms with Crippen LogP contribution >= 0.6 is 11.8 Å². The number of carbonyl (C=O) groups excluding carboxylic acids is 1. The maximum Gasteiger partial charge on any atom is 0.230 e. The summed E-state index contributed by atoms with van der Waals surface area (Å²) in [6.45, 7) is 2.33. The van der Waals surface area contributed by atoms with Crippen molar-refractivity contribution < 1.29 is 9.18 Å². The van der Waals surface area contributed by atoms with Crippen molar-refractivity contribution in [2.45, 2.75) is 18.5 Å². The van der Waals surface area contributed by atoms with E-state index in [2.05, 4.69) is 20.4 Å². The number of hydrogen-bond acceptors (Lipinski definition) is 5. The molecule has 0 aliphatic heterocycles. The fourth-order valence-electron chi connectivity index (χ4n) is 2.91. The minimum atomic E-state index is -0.262. The minimum Gasteiger partial charge on any atom is -0.355 e. The number of benzene rings is 2. The summed E-state index contributed by atoms with van der Waals surface area (Å²) >= 11 is 1.32. The van der Waals surface area contributed by atoms with Crippen LogP contribution in [-0.4, -0.2) is 37.8 Å². The summed E-state index contributed by atoms with van der Waals surface area (Å²) in [7, 11) is 0. The van der Waals surface area contributed by atoms with Gasteiger partial charge in [0.1, 0.15) is 11.6 Å². The van der Waals surface area contributed by atoms with Crippen LogP contribution < -0.4 is 5.32 Å². The third-order valence-electron chi connectivity index (χ3n) is 4.24. The van der Waals surface area contributed by atoms with E-state index in [0.717, 1.165) is 22.1 Å². The van der Waals surface area contributed by atoms with Crippen LogP contribution in [0.15, 0.2) is 53.7 Å². The summed E-state index contributed by atoms with van der Waals surface area (Å²) in [5.74, 6) is 0.528. The average molecular weight is 395 g/mol. The second-order valence-corrected chi connectivity index (χ2v) is 7.26. The number of thioether (sulfide) groups is 1. The molecule has 142 valence electrons. The molecule has 0 unspecified atom stereocenters. The third kappa shape index (κ3) is 3.96. The van der Waals surface area contributed by atoms with E-state index in [4.69, 9.17) is 0 Å². The van der Waals surface area contributed by atoms with Crippen molar-refractivity contribution >= 4 is 34.2 Å². The molecule has 28 heavy (non-hydrogen) atoms. The van der Waals surface area contributed by atoms with Crippen molar-refractivity contribution in [3.8, 4) is 0 Å². The van der Waals surface area contributed by atoms with Crippen LogP contribution in [0.3, 0.4) is 0 Å². The van der Waals surface area contributed by atoms with Gasteiger partial charge in [0.25, 0.3) is 0 Å². The van der Waals surface area contributed by atoms with Crippen molar-refractivity contribution in [1.29, 1.82) is 0 Å². The molecular formula is C20H18FN5OS. The number of rotatable bonds is 6. The number of amides is 1. The summed E-state index contributed by atoms with van der Waals surface area (Å²) in [6, 6.07) is 14.0. The Morgan fingerprint density at radius 3 is 2.75 bits per heavy atom. The van der Waals surface area contributed by atoms with Gasteiger partial charge < -0.3 is 5.32 Å². The fourth-order valence-corrected chi connectivity index (χ4v) is 3.68. The number of nitrogens with zero attached hydrogens (tertiary/aromatic N) is 4. The second kappa shape index (κ2) is 7.93. The van der Waals surface area contributed by atoms with E-state index in [1.54, 1.807) is 16.6 Å². The number of hydrogen-bond donors (Lipinski definition) is 1. The predicted octanol–water partition coefficient (Wildman–Crippen LogP) is 3.18. The summed E-state index contributed by atoms with van der Waals surface area (Å²) in [6.07, 6.45) is 0.650. The number of carbonyl (C=O) groups is 1. The van der Waals surface area contributed by atoms with E-state index in [0.29, 0.717) is 23.9 Å². The molecule has 0 fully saturated rings. The standard InChI is InChI=1S/C20H18FN5OS/c1-13-23-19-16-4-2-3-5-17(16)24-20(26(19)25-13)28-12-18(27)22-11-10-14-6-8-15(21)9-7-14/h2-9H,10-12H2,1H3,(H,22,27). The molecule has 0 radical (unpaired) electrons. The van der Waals surface area contributed by atoms with E-state index in [-0.39, 0.29) is 17.5 Å². The van der Waals surface area contributed by atoms with Crippen molar-refractivity contribution in [2.24, 2.45) is 0 Å². The summed E-state index contributed by atoms with van der Waals surface area (Å²) in [5, 5.41) is 8.84. The molecule has 2 aromatic heterocycles. The second-order valence-electron chi connectivity index (χ2n) is 6.32. The number of nitrogens with one attached hydrogen (secondary N) is 1. The van der Waals surface area contributed by atoms with Crippen LogP contribution in [0.25, 0.3) is 16.6 Å². The molecule has 0 saturated heterocycles. The van der Waals surface area contributed by atoms with Crippen molar-refractivity contribution in [1.82, 2.24) is 24.9 Å². The zero-order valence-corrected chi connectivity index (χ0v) is 16.0. The Labute approximate surface area is 165 Å². The molecule has 0 spiro atoms. The smallest absolute Gasteiger partial charge is 0.230 e. The molecule has 0 atom stereocenters. The first-order chi connectivity index (χ1) is 13.6. The molecule has 1 N–H and O–H groups in total. The van der Waals surface area contributed by atoms with E-state index in [1.807, 2.05) is 31.2 Å². The molecule has 2 aromatic carbocycles. The van der Waals surface area contributed by atoms with Gasteiger partial charge in [-0.1, -0.05) is 36.0 Å². The highest BCUT2D eigenvalue weighted by atomic mass is 32.2. The molecule has 0 bridgehead atoms. The maximum atomic E-state index is 12.9. The van der Waals surface area contributed by atoms with Crippen LogP contribution in [-0.2, 0) is 11.2 Å². The molecule has 0 saturated carbocycles. The first kappa shape index (κ1) is 18.4. The maximum absolute atomic E-state index is 12.9. The van der Waals surface area contributed by atoms with Crippen molar-refractivity contribution in [3.63, 3.8) is 0 Å². The van der Waals surface area contributed by atoms with Gasteiger partial charge in [-0.2, -0.15) is 4.52 Å². The van der Waals surface area contributed by atoms with Crippen LogP contribution in [0.4, 0.5) is 4.39 Å². The Morgan fingerprint density at radius 2 is 1.93 bits per heavy atom. The minimum absolute atomic E-state index is 0.0907. The van der Waals surface area contributed by atoms with E-state index in [1.165, 1.54) is 23.9 Å². The van der Waals surface area contributed by atoms with Gasteiger partial charge in [0.15, 0.2) is 10.8 Å². The van der Waals surface area contributed by atoms with Gasteiger partial charge in [-0.05, 0) is 43.2 Å². The summed E-state index contributed by atoms with van der Waals surface area (Å²) < 4.78 is 14.6. The lowest BCUT2D eigenvalue weighted by atomic mass is 10.1. The van der Waals surface area contributed by atoms with Crippen molar-refractivity contribution in [3.05, 3.63) is 65.7 Å². The molecule has 6 nitrogen and oxygen atoms in total. The third-order valence-corrected chi connectivity index (χ3v) is 5.17. The van der Waals surface area contributed by atoms with E-state index >= 15 is 0 Å². The van der Waals surface area contributed by atoms with Crippen LogP contribution in [0, 0.1) is 12.7 Å². The van der Waals surface area contributed by atoms with Gasteiger partial charge in [-0.15, -0.1) is 5.10 Å². The molecule has 0 aliphatic carbocycles. The number of aryl methyl sites for hydroxylation is 1. The average Bonchev–Trinajstić information content (AvgIpc) is 3.09. The molecule has 1 amide bonds. The largest absolute Gasteiger partial charge is 0.355 e. The fraction of sp³-hybridized carbons (Fsp3) is 0.200. The normalized spacial score (nSPS) is 11.2. The molecular weight excluding hydrogens is 377 g/mol. The first-order valence-corrected chi connectivity index (χ1v) is 9.85. The Morgan fingerprint density at radius 1 is 1.14 bits per heavy atom. The highest BCUT2D eigenvalue weighted by molar-refractivity contribution is 7.99. The zero-order valence-electron chi connectivity index (χ0n) is 15.2. The summed E-state index contributed by atoms with van der Waals surface area (Å²) in [5.41, 5.74) is 2.54. The van der Waals surface area contributed by atoms with Gasteiger partial charge in [0.05, 0.1) is 11.3 Å². The topological polar surface area (TPSA) is 72.2 Å². The predicted molar refractivity (Wildman–Crippen MR) is 107 cm³/mol. The number of halogens is 1. The Hall–Kier alpha value is -3.00. The molecule has 4 aromatic rings. The van der Waals surface area contributed by atoms with Crippen LogP contribution in [0.1, 0.15) is 11.4 Å². The molecule has 8 heteroatoms. The Kier molecular flexibility index (Phi) is 5.21. The molecule has 4 rings (SSSR count). The van der Waals surface area contributed by atoms with E-state index < -0.39 is 0 Å². The highest BCUT2D eigenvalue weighted by Crippen LogP contribution is 2.23. The van der Waals surface area contributed by atoms with Crippen LogP contribution in [0.5, 0.6) is 0 Å². The van der Waals surface area contributed by atoms with Crippen LogP contribution in [0.2, 0.25) is 0 Å². The lowest BCUT2D eigenvalue weighted by molar-refractivity contribution is -0.118. The lowest BCUT2D eigenvalue weighted by Gasteiger charge is -2.07. The number of fused-ring (bicyclic) bond motifs is 3. The highest BCUT2D eigenvalue weighted by Gasteiger charge is 2.13. The van der Waals surface area contributed by atoms with Crippen molar-refractivity contribution in [2.75, 3.05) is 12.3 Å². The first-order valence-electron chi connectivity index (χ1n) is 8.86. The summed E-state index contributed by atoms with van der Waals surface area (Å²) in [4.78, 5) is 21.3. The van der Waals surface area contributed by atoms with Gasteiger partial charge in [-0.3, -0.25) is 4.79 Å². The van der Waals surface area contributed by atoms with Gasteiger partial charge >= 0.3 is 0 Å². The van der Waals surface area contributed by atoms with Gasteiger partial charge in [0, 0.05) is 11.9 Å². The lowest BCUT2D eigenvalue weighted by Crippen LogP contribution is -2.27. The van der Waals surface area contributed by atoms with E-state index in [9.17, 15) is 9.18 Å². The molecule has 2 heterocycles. The van der Waals surface area contributed by atoms with Gasteiger partial charge in [0.2, 0.25) is 5.91 Å².